The van der Waals surface area contributed by atoms with Gasteiger partial charge in [-0.2, -0.15) is 4.98 Å². The summed E-state index contributed by atoms with van der Waals surface area (Å²) in [5.74, 6) is -1.03. The second kappa shape index (κ2) is 8.94. The summed E-state index contributed by atoms with van der Waals surface area (Å²) >= 11 is 0. The number of rotatable bonds is 9. The van der Waals surface area contributed by atoms with Crippen LogP contribution in [0.5, 0.6) is 5.88 Å². The molecule has 0 aliphatic carbocycles. The minimum atomic E-state index is -1.05. The lowest BCUT2D eigenvalue weighted by Crippen LogP contribution is -2.38. The van der Waals surface area contributed by atoms with Crippen LogP contribution in [-0.4, -0.2) is 54.5 Å². The average Bonchev–Trinajstić information content (AvgIpc) is 3.10. The van der Waals surface area contributed by atoms with Crippen molar-refractivity contribution in [2.45, 2.75) is 26.5 Å². The standard InChI is InChI=1S/C19H21N5O4/c1-2-8-23(10-16(26)27)15(25)9-24-13-22-17-18(24)20-12-21-19(17)28-11-14-6-4-3-5-7-14/h3-7,12-13H,2,8-11H2,1H3,(H,26,27). The molecular formula is C19H21N5O4. The molecule has 0 aliphatic heterocycles. The van der Waals surface area contributed by atoms with Crippen molar-refractivity contribution in [1.82, 2.24) is 24.4 Å². The van der Waals surface area contributed by atoms with Crippen LogP contribution in [0.15, 0.2) is 43.0 Å². The van der Waals surface area contributed by atoms with Crippen molar-refractivity contribution >= 4 is 23.0 Å². The molecule has 0 saturated carbocycles. The predicted octanol–water partition coefficient (Wildman–Crippen LogP) is 1.73. The Morgan fingerprint density at radius 2 is 1.96 bits per heavy atom. The number of carboxylic acid groups (broad SMARTS) is 1. The van der Waals surface area contributed by atoms with Gasteiger partial charge >= 0.3 is 5.97 Å². The zero-order valence-corrected chi connectivity index (χ0v) is 15.5. The quantitative estimate of drug-likeness (QED) is 0.599. The van der Waals surface area contributed by atoms with E-state index < -0.39 is 5.97 Å². The van der Waals surface area contributed by atoms with E-state index in [1.165, 1.54) is 17.6 Å². The Kier molecular flexibility index (Phi) is 6.15. The number of amides is 1. The van der Waals surface area contributed by atoms with Gasteiger partial charge in [0.1, 0.15) is 26.0 Å². The highest BCUT2D eigenvalue weighted by Crippen LogP contribution is 2.20. The summed E-state index contributed by atoms with van der Waals surface area (Å²) in [5.41, 5.74) is 1.90. The van der Waals surface area contributed by atoms with Crippen LogP contribution in [0.3, 0.4) is 0 Å². The van der Waals surface area contributed by atoms with Gasteiger partial charge in [0.25, 0.3) is 0 Å². The third kappa shape index (κ3) is 4.61. The van der Waals surface area contributed by atoms with Gasteiger partial charge in [0.2, 0.25) is 11.8 Å². The molecule has 0 radical (unpaired) electrons. The molecule has 1 aromatic carbocycles. The van der Waals surface area contributed by atoms with Crippen molar-refractivity contribution in [3.63, 3.8) is 0 Å². The summed E-state index contributed by atoms with van der Waals surface area (Å²) in [5, 5.41) is 9.00. The van der Waals surface area contributed by atoms with Gasteiger partial charge in [-0.15, -0.1) is 0 Å². The number of fused-ring (bicyclic) bond motifs is 1. The van der Waals surface area contributed by atoms with Crippen LogP contribution in [0.2, 0.25) is 0 Å². The lowest BCUT2D eigenvalue weighted by Gasteiger charge is -2.20. The SMILES string of the molecule is CCCN(CC(=O)O)C(=O)Cn1cnc2c(OCc3ccccc3)ncnc21. The molecule has 3 rings (SSSR count). The largest absolute Gasteiger partial charge is 0.480 e. The zero-order chi connectivity index (χ0) is 19.9. The number of hydrogen-bond donors (Lipinski definition) is 1. The van der Waals surface area contributed by atoms with E-state index in [-0.39, 0.29) is 19.0 Å². The second-order valence-corrected chi connectivity index (χ2v) is 6.21. The number of ether oxygens (including phenoxy) is 1. The van der Waals surface area contributed by atoms with E-state index in [0.717, 1.165) is 5.56 Å². The third-order valence-electron chi connectivity index (χ3n) is 4.06. The fourth-order valence-corrected chi connectivity index (χ4v) is 2.78. The lowest BCUT2D eigenvalue weighted by atomic mass is 10.2. The molecule has 0 bridgehead atoms. The van der Waals surface area contributed by atoms with Crippen molar-refractivity contribution in [3.8, 4) is 5.88 Å². The molecule has 9 heteroatoms. The smallest absolute Gasteiger partial charge is 0.323 e. The Bertz CT molecular complexity index is 957. The molecule has 1 N–H and O–H groups in total. The maximum atomic E-state index is 12.5. The number of carbonyl (C=O) groups is 2. The summed E-state index contributed by atoms with van der Waals surface area (Å²) in [6.07, 6.45) is 3.51. The molecule has 28 heavy (non-hydrogen) atoms. The number of carbonyl (C=O) groups excluding carboxylic acids is 1. The summed E-state index contributed by atoms with van der Waals surface area (Å²) < 4.78 is 7.33. The minimum Gasteiger partial charge on any atom is -0.480 e. The van der Waals surface area contributed by atoms with E-state index in [9.17, 15) is 9.59 Å². The summed E-state index contributed by atoms with van der Waals surface area (Å²) in [6, 6.07) is 9.67. The monoisotopic (exact) mass is 383 g/mol. The Labute approximate surface area is 161 Å². The van der Waals surface area contributed by atoms with Gasteiger partial charge in [-0.25, -0.2) is 9.97 Å². The number of aromatic nitrogens is 4. The Hall–Kier alpha value is -3.49. The summed E-state index contributed by atoms with van der Waals surface area (Å²) in [6.45, 7) is 2.21. The molecule has 1 amide bonds. The molecule has 2 heterocycles. The normalized spacial score (nSPS) is 10.8. The molecule has 146 valence electrons. The third-order valence-corrected chi connectivity index (χ3v) is 4.06. The summed E-state index contributed by atoms with van der Waals surface area (Å²) in [7, 11) is 0. The van der Waals surface area contributed by atoms with Crippen LogP contribution in [0.25, 0.3) is 11.2 Å². The molecule has 0 saturated heterocycles. The first-order valence-electron chi connectivity index (χ1n) is 8.90. The molecule has 9 nitrogen and oxygen atoms in total. The topological polar surface area (TPSA) is 110 Å². The molecular weight excluding hydrogens is 362 g/mol. The Morgan fingerprint density at radius 3 is 2.68 bits per heavy atom. The van der Waals surface area contributed by atoms with Crippen molar-refractivity contribution in [2.24, 2.45) is 0 Å². The highest BCUT2D eigenvalue weighted by atomic mass is 16.5. The fourth-order valence-electron chi connectivity index (χ4n) is 2.78. The number of nitrogens with zero attached hydrogens (tertiary/aromatic N) is 5. The molecule has 0 spiro atoms. The number of carboxylic acids is 1. The van der Waals surface area contributed by atoms with Crippen LogP contribution >= 0.6 is 0 Å². The molecule has 0 unspecified atom stereocenters. The van der Waals surface area contributed by atoms with Gasteiger partial charge < -0.3 is 19.3 Å². The number of aliphatic carboxylic acids is 1. The van der Waals surface area contributed by atoms with Gasteiger partial charge in [0.15, 0.2) is 11.2 Å². The summed E-state index contributed by atoms with van der Waals surface area (Å²) in [4.78, 5) is 37.4. The fraction of sp³-hybridized carbons (Fsp3) is 0.316. The molecule has 2 aromatic heterocycles. The first-order chi connectivity index (χ1) is 13.6. The van der Waals surface area contributed by atoms with E-state index in [2.05, 4.69) is 15.0 Å². The molecule has 3 aromatic rings. The van der Waals surface area contributed by atoms with Gasteiger partial charge in [-0.05, 0) is 12.0 Å². The maximum Gasteiger partial charge on any atom is 0.323 e. The number of benzene rings is 1. The Balaban J connectivity index is 1.76. The maximum absolute atomic E-state index is 12.5. The van der Waals surface area contributed by atoms with E-state index in [1.807, 2.05) is 37.3 Å². The van der Waals surface area contributed by atoms with Crippen molar-refractivity contribution in [1.29, 1.82) is 0 Å². The van der Waals surface area contributed by atoms with Crippen LogP contribution in [0.1, 0.15) is 18.9 Å². The van der Waals surface area contributed by atoms with E-state index in [4.69, 9.17) is 9.84 Å². The van der Waals surface area contributed by atoms with Crippen molar-refractivity contribution in [3.05, 3.63) is 48.5 Å². The van der Waals surface area contributed by atoms with Gasteiger partial charge in [-0.3, -0.25) is 9.59 Å². The predicted molar refractivity (Wildman–Crippen MR) is 101 cm³/mol. The molecule has 0 atom stereocenters. The van der Waals surface area contributed by atoms with Crippen LogP contribution in [0, 0.1) is 0 Å². The van der Waals surface area contributed by atoms with E-state index in [1.54, 1.807) is 4.57 Å². The first-order valence-corrected chi connectivity index (χ1v) is 8.90. The van der Waals surface area contributed by atoms with Crippen molar-refractivity contribution in [2.75, 3.05) is 13.1 Å². The minimum absolute atomic E-state index is 0.0566. The zero-order valence-electron chi connectivity index (χ0n) is 15.5. The molecule has 0 aliphatic rings. The number of imidazole rings is 1. The van der Waals surface area contributed by atoms with Gasteiger partial charge in [-0.1, -0.05) is 37.3 Å². The van der Waals surface area contributed by atoms with E-state index in [0.29, 0.717) is 36.6 Å². The van der Waals surface area contributed by atoms with Crippen LogP contribution < -0.4 is 4.74 Å². The van der Waals surface area contributed by atoms with Crippen LogP contribution in [-0.2, 0) is 22.7 Å². The van der Waals surface area contributed by atoms with Gasteiger partial charge in [0, 0.05) is 6.54 Å². The Morgan fingerprint density at radius 1 is 1.18 bits per heavy atom. The average molecular weight is 383 g/mol. The molecule has 0 fully saturated rings. The van der Waals surface area contributed by atoms with Crippen molar-refractivity contribution < 1.29 is 19.4 Å². The highest BCUT2D eigenvalue weighted by molar-refractivity contribution is 5.83. The van der Waals surface area contributed by atoms with Crippen LogP contribution in [0.4, 0.5) is 0 Å². The highest BCUT2D eigenvalue weighted by Gasteiger charge is 2.19. The second-order valence-electron chi connectivity index (χ2n) is 6.21. The lowest BCUT2D eigenvalue weighted by molar-refractivity contribution is -0.144. The number of hydrogen-bond acceptors (Lipinski definition) is 6. The van der Waals surface area contributed by atoms with E-state index >= 15 is 0 Å². The van der Waals surface area contributed by atoms with Gasteiger partial charge in [0.05, 0.1) is 6.33 Å². The first kappa shape index (κ1) is 19.3.